The fourth-order valence-corrected chi connectivity index (χ4v) is 2.68. The lowest BCUT2D eigenvalue weighted by molar-refractivity contribution is 0.0186. The summed E-state index contributed by atoms with van der Waals surface area (Å²) in [4.78, 5) is 13.8. The van der Waals surface area contributed by atoms with Crippen LogP contribution in [0, 0.1) is 5.82 Å². The molecule has 0 aromatic heterocycles. The average molecular weight is 374 g/mol. The Morgan fingerprint density at radius 2 is 2.18 bits per heavy atom. The van der Waals surface area contributed by atoms with Crippen molar-refractivity contribution in [3.63, 3.8) is 0 Å². The van der Waals surface area contributed by atoms with Crippen molar-refractivity contribution in [1.29, 1.82) is 0 Å². The highest BCUT2D eigenvalue weighted by molar-refractivity contribution is 9.10. The van der Waals surface area contributed by atoms with Gasteiger partial charge in [-0.05, 0) is 51.8 Å². The molecule has 1 aromatic carbocycles. The summed E-state index contributed by atoms with van der Waals surface area (Å²) in [6, 6.07) is 4.57. The molecule has 2 rings (SSSR count). The number of nitrogens with zero attached hydrogens (tertiary/aromatic N) is 1. The molecule has 4 nitrogen and oxygen atoms in total. The van der Waals surface area contributed by atoms with Crippen molar-refractivity contribution in [3.8, 4) is 5.75 Å². The molecule has 1 fully saturated rings. The van der Waals surface area contributed by atoms with Crippen molar-refractivity contribution < 1.29 is 18.7 Å². The third-order valence-corrected chi connectivity index (χ3v) is 3.82. The molecule has 1 heterocycles. The van der Waals surface area contributed by atoms with Gasteiger partial charge in [0.1, 0.15) is 12.2 Å². The van der Waals surface area contributed by atoms with Gasteiger partial charge in [0.25, 0.3) is 0 Å². The molecule has 0 saturated carbocycles. The van der Waals surface area contributed by atoms with Crippen molar-refractivity contribution in [2.24, 2.45) is 0 Å². The number of hydrogen-bond acceptors (Lipinski definition) is 3. The number of rotatable bonds is 3. The SMILES string of the molecule is CC(C)(C)OC(=O)N1CCCC1COc1ccc(Br)cc1F. The standard InChI is InChI=1S/C16H21BrFNO3/c1-16(2,3)22-15(20)19-8-4-5-12(19)10-21-14-7-6-11(17)9-13(14)18/h6-7,9,12H,4-5,8,10H2,1-3H3. The van der Waals surface area contributed by atoms with Gasteiger partial charge in [0.05, 0.1) is 6.04 Å². The van der Waals surface area contributed by atoms with Crippen molar-refractivity contribution in [1.82, 2.24) is 4.90 Å². The zero-order valence-corrected chi connectivity index (χ0v) is 14.7. The predicted molar refractivity (Wildman–Crippen MR) is 85.6 cm³/mol. The second kappa shape index (κ2) is 6.86. The molecule has 122 valence electrons. The molecule has 22 heavy (non-hydrogen) atoms. The molecule has 0 N–H and O–H groups in total. The minimum absolute atomic E-state index is 0.0853. The first-order valence-electron chi connectivity index (χ1n) is 7.34. The van der Waals surface area contributed by atoms with Crippen LogP contribution in [-0.2, 0) is 4.74 Å². The number of benzene rings is 1. The van der Waals surface area contributed by atoms with Gasteiger partial charge in [-0.25, -0.2) is 9.18 Å². The van der Waals surface area contributed by atoms with E-state index in [9.17, 15) is 9.18 Å². The summed E-state index contributed by atoms with van der Waals surface area (Å²) in [5, 5.41) is 0. The Morgan fingerprint density at radius 3 is 2.82 bits per heavy atom. The van der Waals surface area contributed by atoms with Crippen LogP contribution < -0.4 is 4.74 Å². The first kappa shape index (κ1) is 17.1. The molecular weight excluding hydrogens is 353 g/mol. The number of ether oxygens (including phenoxy) is 2. The molecule has 1 aliphatic heterocycles. The van der Waals surface area contributed by atoms with Gasteiger partial charge in [0.2, 0.25) is 0 Å². The summed E-state index contributed by atoms with van der Waals surface area (Å²) < 4.78 is 25.3. The van der Waals surface area contributed by atoms with E-state index in [4.69, 9.17) is 9.47 Å². The summed E-state index contributed by atoms with van der Waals surface area (Å²) in [7, 11) is 0. The minimum Gasteiger partial charge on any atom is -0.488 e. The van der Waals surface area contributed by atoms with Gasteiger partial charge in [-0.1, -0.05) is 15.9 Å². The molecule has 0 radical (unpaired) electrons. The van der Waals surface area contributed by atoms with Gasteiger partial charge >= 0.3 is 6.09 Å². The summed E-state index contributed by atoms with van der Waals surface area (Å²) in [5.74, 6) is -0.226. The van der Waals surface area contributed by atoms with Gasteiger partial charge in [-0.2, -0.15) is 0 Å². The summed E-state index contributed by atoms with van der Waals surface area (Å²) in [6.07, 6.45) is 1.39. The van der Waals surface area contributed by atoms with E-state index in [2.05, 4.69) is 15.9 Å². The van der Waals surface area contributed by atoms with Crippen LogP contribution in [0.5, 0.6) is 5.75 Å². The van der Waals surface area contributed by atoms with E-state index in [1.165, 1.54) is 6.07 Å². The molecule has 1 aliphatic rings. The van der Waals surface area contributed by atoms with E-state index in [0.717, 1.165) is 12.8 Å². The molecule has 1 saturated heterocycles. The van der Waals surface area contributed by atoms with Crippen LogP contribution in [0.2, 0.25) is 0 Å². The van der Waals surface area contributed by atoms with E-state index in [-0.39, 0.29) is 24.5 Å². The highest BCUT2D eigenvalue weighted by atomic mass is 79.9. The van der Waals surface area contributed by atoms with Gasteiger partial charge in [-0.3, -0.25) is 0 Å². The summed E-state index contributed by atoms with van der Waals surface area (Å²) in [5.41, 5.74) is -0.525. The Kier molecular flexibility index (Phi) is 5.32. The smallest absolute Gasteiger partial charge is 0.410 e. The Bertz CT molecular complexity index is 545. The molecule has 1 atom stereocenters. The molecular formula is C16H21BrFNO3. The third kappa shape index (κ3) is 4.60. The van der Waals surface area contributed by atoms with Crippen molar-refractivity contribution >= 4 is 22.0 Å². The van der Waals surface area contributed by atoms with Crippen LogP contribution in [0.3, 0.4) is 0 Å². The highest BCUT2D eigenvalue weighted by Gasteiger charge is 2.32. The first-order valence-corrected chi connectivity index (χ1v) is 8.13. The lowest BCUT2D eigenvalue weighted by atomic mass is 10.2. The zero-order valence-electron chi connectivity index (χ0n) is 13.1. The zero-order chi connectivity index (χ0) is 16.3. The van der Waals surface area contributed by atoms with E-state index >= 15 is 0 Å². The van der Waals surface area contributed by atoms with Crippen LogP contribution >= 0.6 is 15.9 Å². The maximum Gasteiger partial charge on any atom is 0.410 e. The van der Waals surface area contributed by atoms with E-state index in [1.807, 2.05) is 20.8 Å². The Labute approximate surface area is 138 Å². The van der Waals surface area contributed by atoms with Crippen molar-refractivity contribution in [2.75, 3.05) is 13.2 Å². The number of carbonyl (C=O) groups excluding carboxylic acids is 1. The lowest BCUT2D eigenvalue weighted by Crippen LogP contribution is -2.42. The van der Waals surface area contributed by atoms with Crippen LogP contribution in [0.4, 0.5) is 9.18 Å². The highest BCUT2D eigenvalue weighted by Crippen LogP contribution is 2.25. The third-order valence-electron chi connectivity index (χ3n) is 3.33. The van der Waals surface area contributed by atoms with Gasteiger partial charge in [0.15, 0.2) is 11.6 Å². The van der Waals surface area contributed by atoms with Crippen LogP contribution in [0.25, 0.3) is 0 Å². The van der Waals surface area contributed by atoms with Gasteiger partial charge in [-0.15, -0.1) is 0 Å². The molecule has 1 aromatic rings. The van der Waals surface area contributed by atoms with E-state index in [1.54, 1.807) is 17.0 Å². The number of hydrogen-bond donors (Lipinski definition) is 0. The molecule has 0 bridgehead atoms. The van der Waals surface area contributed by atoms with Crippen molar-refractivity contribution in [2.45, 2.75) is 45.3 Å². The van der Waals surface area contributed by atoms with Crippen LogP contribution in [0.1, 0.15) is 33.6 Å². The second-order valence-electron chi connectivity index (χ2n) is 6.36. The second-order valence-corrected chi connectivity index (χ2v) is 7.27. The first-order chi connectivity index (χ1) is 10.3. The molecule has 6 heteroatoms. The molecule has 0 aliphatic carbocycles. The average Bonchev–Trinajstić information content (AvgIpc) is 2.84. The van der Waals surface area contributed by atoms with Gasteiger partial charge < -0.3 is 14.4 Å². The largest absolute Gasteiger partial charge is 0.488 e. The van der Waals surface area contributed by atoms with E-state index in [0.29, 0.717) is 11.0 Å². The lowest BCUT2D eigenvalue weighted by Gasteiger charge is -2.28. The van der Waals surface area contributed by atoms with Crippen LogP contribution in [-0.4, -0.2) is 35.8 Å². The Balaban J connectivity index is 1.95. The molecule has 1 unspecified atom stereocenters. The number of amides is 1. The Morgan fingerprint density at radius 1 is 1.45 bits per heavy atom. The quantitative estimate of drug-likeness (QED) is 0.789. The minimum atomic E-state index is -0.525. The topological polar surface area (TPSA) is 38.8 Å². The maximum absolute atomic E-state index is 13.7. The number of likely N-dealkylation sites (tertiary alicyclic amines) is 1. The summed E-state index contributed by atoms with van der Waals surface area (Å²) >= 11 is 3.21. The van der Waals surface area contributed by atoms with Crippen LogP contribution in [0.15, 0.2) is 22.7 Å². The maximum atomic E-state index is 13.7. The van der Waals surface area contributed by atoms with Gasteiger partial charge in [0, 0.05) is 11.0 Å². The fraction of sp³-hybridized carbons (Fsp3) is 0.562. The number of halogens is 2. The number of carbonyl (C=O) groups is 1. The normalized spacial score (nSPS) is 18.4. The van der Waals surface area contributed by atoms with Crippen molar-refractivity contribution in [3.05, 3.63) is 28.5 Å². The predicted octanol–water partition coefficient (Wildman–Crippen LogP) is 4.37. The molecule has 0 spiro atoms. The summed E-state index contributed by atoms with van der Waals surface area (Å²) in [6.45, 7) is 6.42. The Hall–Kier alpha value is -1.30. The molecule has 1 amide bonds. The monoisotopic (exact) mass is 373 g/mol. The van der Waals surface area contributed by atoms with E-state index < -0.39 is 11.4 Å². The fourth-order valence-electron chi connectivity index (χ4n) is 2.35.